The van der Waals surface area contributed by atoms with Gasteiger partial charge in [0.2, 0.25) is 11.6 Å². The van der Waals surface area contributed by atoms with Crippen LogP contribution in [0.15, 0.2) is 64.8 Å². The van der Waals surface area contributed by atoms with Crippen molar-refractivity contribution in [2.45, 2.75) is 5.16 Å². The van der Waals surface area contributed by atoms with Gasteiger partial charge in [0.05, 0.1) is 11.4 Å². The Morgan fingerprint density at radius 1 is 1.09 bits per heavy atom. The third-order valence-electron chi connectivity index (χ3n) is 4.68. The number of aromatic nitrogens is 4. The van der Waals surface area contributed by atoms with Gasteiger partial charge >= 0.3 is 5.56 Å². The van der Waals surface area contributed by atoms with Crippen LogP contribution in [-0.4, -0.2) is 44.0 Å². The van der Waals surface area contributed by atoms with Crippen LogP contribution >= 0.6 is 11.8 Å². The first-order chi connectivity index (χ1) is 15.6. The van der Waals surface area contributed by atoms with Gasteiger partial charge in [0.25, 0.3) is 0 Å². The van der Waals surface area contributed by atoms with Gasteiger partial charge in [0.1, 0.15) is 19.0 Å². The standard InChI is InChI=1S/C21H16FN5O4S/c22-13-2-1-3-15(10-13)26-6-7-27-19(20(26)29)24-25-21(27)32-12-18(28)23-14-4-5-16-17(11-14)31-9-8-30-16/h1-7,10-11H,8-9,12H2,(H,23,28). The molecule has 9 nitrogen and oxygen atoms in total. The Bertz CT molecular complexity index is 1390. The minimum atomic E-state index is -0.448. The number of nitrogens with zero attached hydrogens (tertiary/aromatic N) is 4. The number of anilines is 1. The lowest BCUT2D eigenvalue weighted by molar-refractivity contribution is -0.113. The van der Waals surface area contributed by atoms with E-state index in [0.29, 0.717) is 41.2 Å². The number of nitrogens with one attached hydrogen (secondary N) is 1. The fourth-order valence-electron chi connectivity index (χ4n) is 3.24. The molecule has 32 heavy (non-hydrogen) atoms. The highest BCUT2D eigenvalue weighted by molar-refractivity contribution is 7.99. The van der Waals surface area contributed by atoms with Crippen molar-refractivity contribution in [1.82, 2.24) is 19.2 Å². The summed E-state index contributed by atoms with van der Waals surface area (Å²) in [4.78, 5) is 25.1. The maximum atomic E-state index is 13.5. The van der Waals surface area contributed by atoms with E-state index in [1.54, 1.807) is 30.5 Å². The molecule has 1 N–H and O–H groups in total. The normalized spacial score (nSPS) is 12.7. The lowest BCUT2D eigenvalue weighted by atomic mass is 10.2. The van der Waals surface area contributed by atoms with Gasteiger partial charge in [0.15, 0.2) is 16.7 Å². The Morgan fingerprint density at radius 2 is 1.94 bits per heavy atom. The number of ether oxygens (including phenoxy) is 2. The molecule has 1 aliphatic heterocycles. The van der Waals surface area contributed by atoms with Crippen LogP contribution in [0, 0.1) is 5.82 Å². The predicted octanol–water partition coefficient (Wildman–Crippen LogP) is 2.52. The van der Waals surface area contributed by atoms with Gasteiger partial charge in [-0.3, -0.25) is 18.6 Å². The van der Waals surface area contributed by atoms with Crippen molar-refractivity contribution in [3.63, 3.8) is 0 Å². The smallest absolute Gasteiger partial charge is 0.300 e. The molecule has 0 saturated heterocycles. The molecule has 0 bridgehead atoms. The number of carbonyl (C=O) groups excluding carboxylic acids is 1. The number of hydrogen-bond acceptors (Lipinski definition) is 7. The number of benzene rings is 2. The summed E-state index contributed by atoms with van der Waals surface area (Å²) in [5.74, 6) is 0.581. The number of hydrogen-bond donors (Lipinski definition) is 1. The van der Waals surface area contributed by atoms with E-state index in [4.69, 9.17) is 9.47 Å². The largest absolute Gasteiger partial charge is 0.486 e. The summed E-state index contributed by atoms with van der Waals surface area (Å²) in [6, 6.07) is 10.9. The molecule has 5 rings (SSSR count). The maximum Gasteiger partial charge on any atom is 0.300 e. The molecular weight excluding hydrogens is 437 g/mol. The zero-order valence-corrected chi connectivity index (χ0v) is 17.3. The van der Waals surface area contributed by atoms with Gasteiger partial charge in [-0.05, 0) is 30.3 Å². The zero-order chi connectivity index (χ0) is 22.1. The summed E-state index contributed by atoms with van der Waals surface area (Å²) >= 11 is 1.14. The second-order valence-electron chi connectivity index (χ2n) is 6.82. The summed E-state index contributed by atoms with van der Waals surface area (Å²) in [6.07, 6.45) is 3.11. The summed E-state index contributed by atoms with van der Waals surface area (Å²) in [7, 11) is 0. The Labute approximate surface area is 184 Å². The van der Waals surface area contributed by atoms with Crippen molar-refractivity contribution < 1.29 is 18.7 Å². The first-order valence-electron chi connectivity index (χ1n) is 9.63. The van der Waals surface area contributed by atoms with Crippen LogP contribution < -0.4 is 20.3 Å². The van der Waals surface area contributed by atoms with E-state index in [-0.39, 0.29) is 17.3 Å². The van der Waals surface area contributed by atoms with Gasteiger partial charge < -0.3 is 14.8 Å². The van der Waals surface area contributed by atoms with Crippen LogP contribution in [0.1, 0.15) is 0 Å². The Morgan fingerprint density at radius 3 is 2.78 bits per heavy atom. The van der Waals surface area contributed by atoms with Gasteiger partial charge in [-0.2, -0.15) is 0 Å². The van der Waals surface area contributed by atoms with E-state index in [1.165, 1.54) is 33.4 Å². The third kappa shape index (κ3) is 3.89. The SMILES string of the molecule is O=C(CSc1nnc2c(=O)n(-c3cccc(F)c3)ccn12)Nc1ccc2c(c1)OCCO2. The number of halogens is 1. The third-order valence-corrected chi connectivity index (χ3v) is 5.63. The molecular formula is C21H16FN5O4S. The van der Waals surface area contributed by atoms with Crippen molar-refractivity contribution in [1.29, 1.82) is 0 Å². The van der Waals surface area contributed by atoms with E-state index in [0.717, 1.165) is 11.8 Å². The van der Waals surface area contributed by atoms with Crippen molar-refractivity contribution in [2.75, 3.05) is 24.3 Å². The monoisotopic (exact) mass is 453 g/mol. The summed E-state index contributed by atoms with van der Waals surface area (Å²) < 4.78 is 27.3. The minimum absolute atomic E-state index is 0.0578. The average Bonchev–Trinajstić information content (AvgIpc) is 3.22. The molecule has 3 heterocycles. The van der Waals surface area contributed by atoms with E-state index >= 15 is 0 Å². The lowest BCUT2D eigenvalue weighted by Crippen LogP contribution is -2.20. The van der Waals surface area contributed by atoms with Crippen molar-refractivity contribution in [3.8, 4) is 17.2 Å². The van der Waals surface area contributed by atoms with Crippen LogP contribution in [0.25, 0.3) is 11.3 Å². The fraction of sp³-hybridized carbons (Fsp3) is 0.143. The molecule has 1 amide bonds. The minimum Gasteiger partial charge on any atom is -0.486 e. The molecule has 11 heteroatoms. The van der Waals surface area contributed by atoms with Crippen LogP contribution in [-0.2, 0) is 4.79 Å². The second kappa shape index (κ2) is 8.35. The Hall–Kier alpha value is -3.86. The molecule has 162 valence electrons. The second-order valence-corrected chi connectivity index (χ2v) is 7.77. The van der Waals surface area contributed by atoms with Crippen molar-refractivity contribution in [3.05, 3.63) is 71.0 Å². The number of thioether (sulfide) groups is 1. The predicted molar refractivity (Wildman–Crippen MR) is 115 cm³/mol. The van der Waals surface area contributed by atoms with E-state index in [9.17, 15) is 14.0 Å². The van der Waals surface area contributed by atoms with Crippen LogP contribution in [0.3, 0.4) is 0 Å². The molecule has 0 fully saturated rings. The highest BCUT2D eigenvalue weighted by atomic mass is 32.2. The van der Waals surface area contributed by atoms with Gasteiger partial charge in [-0.1, -0.05) is 17.8 Å². The highest BCUT2D eigenvalue weighted by Crippen LogP contribution is 2.32. The Balaban J connectivity index is 1.30. The molecule has 2 aromatic carbocycles. The molecule has 1 aliphatic rings. The summed E-state index contributed by atoms with van der Waals surface area (Å²) in [6.45, 7) is 0.954. The first kappa shape index (κ1) is 20.1. The first-order valence-corrected chi connectivity index (χ1v) is 10.6. The summed E-state index contributed by atoms with van der Waals surface area (Å²) in [5.41, 5.74) is 0.599. The number of carbonyl (C=O) groups is 1. The van der Waals surface area contributed by atoms with Crippen LogP contribution in [0.2, 0.25) is 0 Å². The van der Waals surface area contributed by atoms with E-state index in [2.05, 4.69) is 15.5 Å². The van der Waals surface area contributed by atoms with Crippen LogP contribution in [0.4, 0.5) is 10.1 Å². The molecule has 4 aromatic rings. The van der Waals surface area contributed by atoms with Gasteiger partial charge in [0, 0.05) is 24.1 Å². The molecule has 0 saturated carbocycles. The maximum absolute atomic E-state index is 13.5. The molecule has 0 aliphatic carbocycles. The molecule has 2 aromatic heterocycles. The topological polar surface area (TPSA) is 99.8 Å². The molecule has 0 radical (unpaired) electrons. The quantitative estimate of drug-likeness (QED) is 0.464. The van der Waals surface area contributed by atoms with Crippen LogP contribution in [0.5, 0.6) is 11.5 Å². The average molecular weight is 453 g/mol. The number of amides is 1. The van der Waals surface area contributed by atoms with Crippen molar-refractivity contribution in [2.24, 2.45) is 0 Å². The molecule has 0 unspecified atom stereocenters. The zero-order valence-electron chi connectivity index (χ0n) is 16.5. The summed E-state index contributed by atoms with van der Waals surface area (Å²) in [5, 5.41) is 11.1. The fourth-order valence-corrected chi connectivity index (χ4v) is 3.96. The Kier molecular flexibility index (Phi) is 5.23. The number of fused-ring (bicyclic) bond motifs is 2. The highest BCUT2D eigenvalue weighted by Gasteiger charge is 2.15. The van der Waals surface area contributed by atoms with Crippen molar-refractivity contribution >= 4 is 29.0 Å². The molecule has 0 atom stereocenters. The van der Waals surface area contributed by atoms with E-state index < -0.39 is 11.4 Å². The van der Waals surface area contributed by atoms with Gasteiger partial charge in [-0.15, -0.1) is 10.2 Å². The molecule has 0 spiro atoms. The number of rotatable bonds is 5. The lowest BCUT2D eigenvalue weighted by Gasteiger charge is -2.18. The van der Waals surface area contributed by atoms with Gasteiger partial charge in [-0.25, -0.2) is 4.39 Å². The van der Waals surface area contributed by atoms with E-state index in [1.807, 2.05) is 0 Å².